The van der Waals surface area contributed by atoms with E-state index >= 15 is 0 Å². The van der Waals surface area contributed by atoms with Crippen molar-refractivity contribution in [2.45, 2.75) is 44.8 Å². The van der Waals surface area contributed by atoms with E-state index in [0.717, 1.165) is 19.4 Å². The predicted molar refractivity (Wildman–Crippen MR) is 59.2 cm³/mol. The van der Waals surface area contributed by atoms with E-state index in [-0.39, 0.29) is 18.1 Å². The third-order valence-corrected chi connectivity index (χ3v) is 3.20. The van der Waals surface area contributed by atoms with E-state index in [9.17, 15) is 0 Å². The number of ether oxygens (including phenoxy) is 1. The molecule has 16 heavy (non-hydrogen) atoms. The van der Waals surface area contributed by atoms with Crippen LogP contribution < -0.4 is 5.32 Å². The van der Waals surface area contributed by atoms with E-state index in [0.29, 0.717) is 11.8 Å². The van der Waals surface area contributed by atoms with Crippen molar-refractivity contribution in [2.24, 2.45) is 0 Å². The van der Waals surface area contributed by atoms with Gasteiger partial charge in [-0.25, -0.2) is 0 Å². The number of nitrogens with zero attached hydrogens (tertiary/aromatic N) is 2. The summed E-state index contributed by atoms with van der Waals surface area (Å²) in [6, 6.07) is 0.152. The lowest BCUT2D eigenvalue weighted by Gasteiger charge is -2.10. The second-order valence-corrected chi connectivity index (χ2v) is 4.20. The van der Waals surface area contributed by atoms with Gasteiger partial charge in [-0.05, 0) is 26.8 Å². The Balaban J connectivity index is 2.12. The number of hydrogen-bond donors (Lipinski definition) is 1. The Hall–Kier alpha value is -0.940. The summed E-state index contributed by atoms with van der Waals surface area (Å²) in [4.78, 5) is 0. The third-order valence-electron chi connectivity index (χ3n) is 3.20. The van der Waals surface area contributed by atoms with E-state index in [1.165, 1.54) is 0 Å². The molecular formula is C11H19N3O2. The number of nitrogens with one attached hydrogen (secondary N) is 1. The minimum Gasteiger partial charge on any atom is -0.423 e. The molecule has 1 fully saturated rings. The Morgan fingerprint density at radius 2 is 2.31 bits per heavy atom. The maximum Gasteiger partial charge on any atom is 0.233 e. The highest BCUT2D eigenvalue weighted by Crippen LogP contribution is 2.30. The summed E-state index contributed by atoms with van der Waals surface area (Å²) in [5.41, 5.74) is 0. The van der Waals surface area contributed by atoms with Gasteiger partial charge in [0.15, 0.2) is 0 Å². The van der Waals surface area contributed by atoms with Gasteiger partial charge in [0.05, 0.1) is 18.1 Å². The fourth-order valence-electron chi connectivity index (χ4n) is 2.10. The quantitative estimate of drug-likeness (QED) is 0.844. The van der Waals surface area contributed by atoms with Gasteiger partial charge in [0.2, 0.25) is 11.8 Å². The van der Waals surface area contributed by atoms with Crippen LogP contribution in [-0.2, 0) is 4.74 Å². The normalized spacial score (nSPS) is 27.2. The van der Waals surface area contributed by atoms with Crippen molar-refractivity contribution in [1.82, 2.24) is 15.5 Å². The van der Waals surface area contributed by atoms with Crippen LogP contribution in [0.15, 0.2) is 4.42 Å². The van der Waals surface area contributed by atoms with Gasteiger partial charge in [-0.15, -0.1) is 10.2 Å². The predicted octanol–water partition coefficient (Wildman–Crippen LogP) is 1.63. The molecule has 0 spiro atoms. The molecule has 3 atom stereocenters. The van der Waals surface area contributed by atoms with E-state index in [1.54, 1.807) is 0 Å². The van der Waals surface area contributed by atoms with Gasteiger partial charge in [0, 0.05) is 6.61 Å². The molecule has 2 rings (SSSR count). The Labute approximate surface area is 95.6 Å². The lowest BCUT2D eigenvalue weighted by molar-refractivity contribution is 0.114. The van der Waals surface area contributed by atoms with Gasteiger partial charge in [-0.2, -0.15) is 0 Å². The molecule has 0 amide bonds. The highest BCUT2D eigenvalue weighted by Gasteiger charge is 2.31. The third kappa shape index (κ3) is 2.10. The molecular weight excluding hydrogens is 206 g/mol. The van der Waals surface area contributed by atoms with Crippen LogP contribution in [0, 0.1) is 0 Å². The number of aromatic nitrogens is 2. The van der Waals surface area contributed by atoms with Crippen LogP contribution in [0.4, 0.5) is 0 Å². The number of rotatable bonds is 4. The Kier molecular flexibility index (Phi) is 3.56. The van der Waals surface area contributed by atoms with Crippen molar-refractivity contribution >= 4 is 0 Å². The first-order valence-corrected chi connectivity index (χ1v) is 5.88. The Bertz CT molecular complexity index is 336. The summed E-state index contributed by atoms with van der Waals surface area (Å²) >= 11 is 0. The van der Waals surface area contributed by atoms with Crippen LogP contribution in [0.5, 0.6) is 0 Å². The van der Waals surface area contributed by atoms with Gasteiger partial charge in [0.25, 0.3) is 0 Å². The first kappa shape index (κ1) is 11.5. The summed E-state index contributed by atoms with van der Waals surface area (Å²) < 4.78 is 11.2. The molecule has 1 aromatic rings. The summed E-state index contributed by atoms with van der Waals surface area (Å²) in [6.45, 7) is 4.93. The molecule has 0 bridgehead atoms. The highest BCUT2D eigenvalue weighted by atomic mass is 16.5. The molecule has 0 saturated carbocycles. The second kappa shape index (κ2) is 4.93. The maximum atomic E-state index is 5.72. The molecule has 1 aliphatic heterocycles. The lowest BCUT2D eigenvalue weighted by Crippen LogP contribution is -2.15. The first-order chi connectivity index (χ1) is 7.76. The van der Waals surface area contributed by atoms with E-state index in [2.05, 4.69) is 29.4 Å². The molecule has 0 aliphatic carbocycles. The van der Waals surface area contributed by atoms with Gasteiger partial charge in [-0.1, -0.05) is 6.92 Å². The van der Waals surface area contributed by atoms with Gasteiger partial charge >= 0.3 is 0 Å². The molecule has 5 heteroatoms. The summed E-state index contributed by atoms with van der Waals surface area (Å²) in [5.74, 6) is 1.66. The fourth-order valence-corrected chi connectivity index (χ4v) is 2.10. The summed E-state index contributed by atoms with van der Waals surface area (Å²) in [7, 11) is 1.90. The first-order valence-electron chi connectivity index (χ1n) is 5.88. The van der Waals surface area contributed by atoms with Crippen molar-refractivity contribution in [1.29, 1.82) is 0 Å². The zero-order chi connectivity index (χ0) is 11.5. The van der Waals surface area contributed by atoms with Crippen molar-refractivity contribution in [3.8, 4) is 0 Å². The van der Waals surface area contributed by atoms with E-state index in [4.69, 9.17) is 9.15 Å². The van der Waals surface area contributed by atoms with Crippen LogP contribution in [0.2, 0.25) is 0 Å². The molecule has 5 nitrogen and oxygen atoms in total. The monoisotopic (exact) mass is 225 g/mol. The fraction of sp³-hybridized carbons (Fsp3) is 0.818. The van der Waals surface area contributed by atoms with Gasteiger partial charge in [-0.3, -0.25) is 0 Å². The maximum absolute atomic E-state index is 5.72. The molecule has 1 N–H and O–H groups in total. The van der Waals surface area contributed by atoms with Crippen LogP contribution in [0.1, 0.15) is 50.4 Å². The molecule has 1 aliphatic rings. The summed E-state index contributed by atoms with van der Waals surface area (Å²) in [5, 5.41) is 11.4. The molecule has 90 valence electrons. The second-order valence-electron chi connectivity index (χ2n) is 4.20. The Morgan fingerprint density at radius 3 is 2.88 bits per heavy atom. The van der Waals surface area contributed by atoms with Gasteiger partial charge in [0.1, 0.15) is 0 Å². The standard InChI is InChI=1S/C11H19N3O2/c1-4-9(12-3)11-14-13-10(16-11)8-5-6-15-7(8)2/h7-9,12H,4-6H2,1-3H3. The van der Waals surface area contributed by atoms with Crippen molar-refractivity contribution in [3.63, 3.8) is 0 Å². The van der Waals surface area contributed by atoms with Crippen molar-refractivity contribution in [3.05, 3.63) is 11.8 Å². The van der Waals surface area contributed by atoms with Crippen LogP contribution >= 0.6 is 0 Å². The average Bonchev–Trinajstić information content (AvgIpc) is 2.89. The molecule has 1 aromatic heterocycles. The Morgan fingerprint density at radius 1 is 1.50 bits per heavy atom. The number of hydrogen-bond acceptors (Lipinski definition) is 5. The SMILES string of the molecule is CCC(NC)c1nnc(C2CCOC2C)o1. The van der Waals surface area contributed by atoms with Crippen LogP contribution in [0.25, 0.3) is 0 Å². The van der Waals surface area contributed by atoms with Crippen LogP contribution in [-0.4, -0.2) is 30.0 Å². The van der Waals surface area contributed by atoms with E-state index < -0.39 is 0 Å². The topological polar surface area (TPSA) is 60.2 Å². The molecule has 0 radical (unpaired) electrons. The van der Waals surface area contributed by atoms with E-state index in [1.807, 2.05) is 7.05 Å². The van der Waals surface area contributed by atoms with Crippen molar-refractivity contribution in [2.75, 3.05) is 13.7 Å². The zero-order valence-electron chi connectivity index (χ0n) is 10.1. The van der Waals surface area contributed by atoms with Crippen molar-refractivity contribution < 1.29 is 9.15 Å². The van der Waals surface area contributed by atoms with Gasteiger partial charge < -0.3 is 14.5 Å². The highest BCUT2D eigenvalue weighted by molar-refractivity contribution is 4.99. The molecule has 2 heterocycles. The minimum absolute atomic E-state index is 0.152. The largest absolute Gasteiger partial charge is 0.423 e. The molecule has 0 aromatic carbocycles. The average molecular weight is 225 g/mol. The smallest absolute Gasteiger partial charge is 0.233 e. The van der Waals surface area contributed by atoms with Crippen LogP contribution in [0.3, 0.4) is 0 Å². The molecule has 3 unspecified atom stereocenters. The minimum atomic E-state index is 0.152. The summed E-state index contributed by atoms with van der Waals surface area (Å²) in [6.07, 6.45) is 2.09. The lowest BCUT2D eigenvalue weighted by atomic mass is 10.0. The zero-order valence-corrected chi connectivity index (χ0v) is 10.1. The molecule has 1 saturated heterocycles.